The predicted octanol–water partition coefficient (Wildman–Crippen LogP) is 1.69. The van der Waals surface area contributed by atoms with E-state index in [0.29, 0.717) is 16.5 Å². The van der Waals surface area contributed by atoms with Crippen LogP contribution in [0.2, 0.25) is 0 Å². The number of hydrogen-bond acceptors (Lipinski definition) is 5. The van der Waals surface area contributed by atoms with Gasteiger partial charge in [-0.25, -0.2) is 9.78 Å². The number of aryl methyl sites for hydroxylation is 1. The summed E-state index contributed by atoms with van der Waals surface area (Å²) in [6, 6.07) is -0.258. The molecule has 0 fully saturated rings. The Hall–Kier alpha value is -1.08. The summed E-state index contributed by atoms with van der Waals surface area (Å²) in [5, 5.41) is 12.3. The van der Waals surface area contributed by atoms with E-state index in [4.69, 9.17) is 5.11 Å². The molecule has 94 valence electrons. The zero-order valence-electron chi connectivity index (χ0n) is 9.81. The van der Waals surface area contributed by atoms with Crippen LogP contribution in [0.3, 0.4) is 0 Å². The lowest BCUT2D eigenvalue weighted by molar-refractivity contribution is -0.119. The second-order valence-electron chi connectivity index (χ2n) is 3.49. The molecule has 0 spiro atoms. The van der Waals surface area contributed by atoms with Crippen molar-refractivity contribution >= 4 is 35.0 Å². The van der Waals surface area contributed by atoms with Gasteiger partial charge in [-0.3, -0.25) is 4.79 Å². The van der Waals surface area contributed by atoms with Gasteiger partial charge in [-0.15, -0.1) is 11.3 Å². The normalized spacial score (nSPS) is 12.2. The Kier molecular flexibility index (Phi) is 4.95. The second-order valence-corrected chi connectivity index (χ2v) is 5.39. The first kappa shape index (κ1) is 14.0. The first-order chi connectivity index (χ1) is 7.95. The van der Waals surface area contributed by atoms with Gasteiger partial charge >= 0.3 is 5.97 Å². The smallest absolute Gasteiger partial charge is 0.347 e. The highest BCUT2D eigenvalue weighted by Crippen LogP contribution is 2.23. The van der Waals surface area contributed by atoms with E-state index < -0.39 is 5.97 Å². The number of amides is 1. The minimum Gasteiger partial charge on any atom is -0.477 e. The summed E-state index contributed by atoms with van der Waals surface area (Å²) < 4.78 is 0. The Morgan fingerprint density at radius 3 is 2.71 bits per heavy atom. The van der Waals surface area contributed by atoms with E-state index in [9.17, 15) is 9.59 Å². The number of rotatable bonds is 5. The number of thioether (sulfide) groups is 1. The monoisotopic (exact) mass is 274 g/mol. The van der Waals surface area contributed by atoms with Gasteiger partial charge in [0.1, 0.15) is 9.88 Å². The largest absolute Gasteiger partial charge is 0.477 e. The summed E-state index contributed by atoms with van der Waals surface area (Å²) in [5.41, 5.74) is 0.489. The Morgan fingerprint density at radius 1 is 1.59 bits per heavy atom. The van der Waals surface area contributed by atoms with E-state index in [-0.39, 0.29) is 16.8 Å². The maximum Gasteiger partial charge on any atom is 0.347 e. The molecule has 0 aliphatic rings. The van der Waals surface area contributed by atoms with Gasteiger partial charge in [-0.2, -0.15) is 11.8 Å². The molecule has 0 radical (unpaired) electrons. The molecule has 5 nitrogen and oxygen atoms in total. The van der Waals surface area contributed by atoms with Crippen molar-refractivity contribution in [1.82, 2.24) is 10.3 Å². The lowest BCUT2D eigenvalue weighted by Gasteiger charge is -2.10. The number of hydrogen-bond donors (Lipinski definition) is 2. The van der Waals surface area contributed by atoms with Crippen molar-refractivity contribution in [2.45, 2.75) is 19.9 Å². The average molecular weight is 274 g/mol. The molecule has 1 aromatic heterocycles. The molecule has 7 heteroatoms. The molecular formula is C10H14N2O3S2. The summed E-state index contributed by atoms with van der Waals surface area (Å²) in [4.78, 5) is 26.6. The minimum atomic E-state index is -0.978. The molecule has 0 aliphatic heterocycles. The van der Waals surface area contributed by atoms with Gasteiger partial charge in [0.15, 0.2) is 0 Å². The van der Waals surface area contributed by atoms with Crippen molar-refractivity contribution in [1.29, 1.82) is 0 Å². The van der Waals surface area contributed by atoms with Crippen molar-refractivity contribution in [2.75, 3.05) is 12.0 Å². The summed E-state index contributed by atoms with van der Waals surface area (Å²) in [6.07, 6.45) is 1.85. The molecule has 1 aromatic rings. The lowest BCUT2D eigenvalue weighted by Crippen LogP contribution is -2.28. The Labute approximate surface area is 108 Å². The van der Waals surface area contributed by atoms with Gasteiger partial charge in [0, 0.05) is 0 Å². The number of carboxylic acid groups (broad SMARTS) is 1. The standard InChI is InChI=1S/C10H14N2O3S2/c1-5-8(10(14)15)17-9(12-5)6(2)11-7(13)4-16-3/h6H,4H2,1-3H3,(H,11,13)(H,14,15). The molecule has 1 atom stereocenters. The zero-order valence-corrected chi connectivity index (χ0v) is 11.4. The van der Waals surface area contributed by atoms with E-state index >= 15 is 0 Å². The maximum absolute atomic E-state index is 11.4. The van der Waals surface area contributed by atoms with Crippen molar-refractivity contribution in [3.8, 4) is 0 Å². The third kappa shape index (κ3) is 3.71. The Balaban J connectivity index is 2.76. The molecule has 2 N–H and O–H groups in total. The number of nitrogens with one attached hydrogen (secondary N) is 1. The Bertz CT molecular complexity index is 431. The first-order valence-electron chi connectivity index (χ1n) is 4.94. The number of aromatic carboxylic acids is 1. The van der Waals surface area contributed by atoms with Crippen LogP contribution >= 0.6 is 23.1 Å². The van der Waals surface area contributed by atoms with Crippen molar-refractivity contribution < 1.29 is 14.7 Å². The molecule has 0 saturated carbocycles. The number of nitrogens with zero attached hydrogens (tertiary/aromatic N) is 1. The number of aromatic nitrogens is 1. The maximum atomic E-state index is 11.4. The summed E-state index contributed by atoms with van der Waals surface area (Å²) in [5.74, 6) is -0.663. The molecule has 17 heavy (non-hydrogen) atoms. The summed E-state index contributed by atoms with van der Waals surface area (Å²) >= 11 is 2.54. The summed E-state index contributed by atoms with van der Waals surface area (Å²) in [6.45, 7) is 3.45. The first-order valence-corrected chi connectivity index (χ1v) is 7.15. The molecule has 0 aliphatic carbocycles. The summed E-state index contributed by atoms with van der Waals surface area (Å²) in [7, 11) is 0. The zero-order chi connectivity index (χ0) is 13.0. The van der Waals surface area contributed by atoms with Gasteiger partial charge in [0.05, 0.1) is 17.5 Å². The molecular weight excluding hydrogens is 260 g/mol. The second kappa shape index (κ2) is 6.02. The van der Waals surface area contributed by atoms with Crippen LogP contribution in [-0.2, 0) is 4.79 Å². The fourth-order valence-electron chi connectivity index (χ4n) is 1.28. The topological polar surface area (TPSA) is 79.3 Å². The van der Waals surface area contributed by atoms with Crippen LogP contribution in [0.25, 0.3) is 0 Å². The highest BCUT2D eigenvalue weighted by Gasteiger charge is 2.18. The SMILES string of the molecule is CSCC(=O)NC(C)c1nc(C)c(C(=O)O)s1. The van der Waals surface area contributed by atoms with Crippen molar-refractivity contribution in [2.24, 2.45) is 0 Å². The van der Waals surface area contributed by atoms with E-state index in [1.165, 1.54) is 11.8 Å². The molecule has 1 amide bonds. The highest BCUT2D eigenvalue weighted by atomic mass is 32.2. The highest BCUT2D eigenvalue weighted by molar-refractivity contribution is 7.99. The van der Waals surface area contributed by atoms with E-state index in [0.717, 1.165) is 11.3 Å². The molecule has 0 saturated heterocycles. The third-order valence-electron chi connectivity index (χ3n) is 2.03. The predicted molar refractivity (Wildman–Crippen MR) is 68.8 cm³/mol. The number of carbonyl (C=O) groups is 2. The molecule has 1 heterocycles. The molecule has 1 rings (SSSR count). The van der Waals surface area contributed by atoms with Gasteiger partial charge < -0.3 is 10.4 Å². The van der Waals surface area contributed by atoms with E-state index in [1.54, 1.807) is 13.8 Å². The van der Waals surface area contributed by atoms with E-state index in [1.807, 2.05) is 6.26 Å². The van der Waals surface area contributed by atoms with Gasteiger partial charge in [0.2, 0.25) is 5.91 Å². The quantitative estimate of drug-likeness (QED) is 0.854. The fraction of sp³-hybridized carbons (Fsp3) is 0.500. The van der Waals surface area contributed by atoms with Crippen LogP contribution in [0.15, 0.2) is 0 Å². The fourth-order valence-corrected chi connectivity index (χ4v) is 2.53. The lowest BCUT2D eigenvalue weighted by atomic mass is 10.3. The number of carboxylic acids is 1. The Morgan fingerprint density at radius 2 is 2.24 bits per heavy atom. The van der Waals surface area contributed by atoms with Crippen LogP contribution in [0.1, 0.15) is 33.3 Å². The number of thiazole rings is 1. The van der Waals surface area contributed by atoms with Crippen LogP contribution in [0.4, 0.5) is 0 Å². The van der Waals surface area contributed by atoms with Crippen molar-refractivity contribution in [3.05, 3.63) is 15.6 Å². The molecule has 1 unspecified atom stereocenters. The van der Waals surface area contributed by atoms with Crippen LogP contribution < -0.4 is 5.32 Å². The third-order valence-corrected chi connectivity index (χ3v) is 3.91. The van der Waals surface area contributed by atoms with Crippen molar-refractivity contribution in [3.63, 3.8) is 0 Å². The van der Waals surface area contributed by atoms with E-state index in [2.05, 4.69) is 10.3 Å². The molecule has 0 bridgehead atoms. The van der Waals surface area contributed by atoms with Gasteiger partial charge in [0.25, 0.3) is 0 Å². The van der Waals surface area contributed by atoms with Gasteiger partial charge in [-0.1, -0.05) is 0 Å². The average Bonchev–Trinajstić information content (AvgIpc) is 2.60. The minimum absolute atomic E-state index is 0.0743. The van der Waals surface area contributed by atoms with Gasteiger partial charge in [-0.05, 0) is 20.1 Å². The van der Waals surface area contributed by atoms with Crippen LogP contribution in [0.5, 0.6) is 0 Å². The molecule has 0 aromatic carbocycles. The van der Waals surface area contributed by atoms with Crippen LogP contribution in [0, 0.1) is 6.92 Å². The van der Waals surface area contributed by atoms with Crippen LogP contribution in [-0.4, -0.2) is 34.0 Å². The number of carbonyl (C=O) groups excluding carboxylic acids is 1.